The van der Waals surface area contributed by atoms with E-state index in [-0.39, 0.29) is 29.9 Å². The van der Waals surface area contributed by atoms with Crippen molar-refractivity contribution < 1.29 is 19.4 Å². The van der Waals surface area contributed by atoms with Gasteiger partial charge in [-0.3, -0.25) is 4.79 Å². The molecule has 1 amide bonds. The van der Waals surface area contributed by atoms with E-state index in [0.29, 0.717) is 5.56 Å². The summed E-state index contributed by atoms with van der Waals surface area (Å²) in [6.45, 7) is 4.22. The fourth-order valence-corrected chi connectivity index (χ4v) is 2.86. The summed E-state index contributed by atoms with van der Waals surface area (Å²) in [4.78, 5) is 26.1. The molecule has 22 heavy (non-hydrogen) atoms. The number of carbonyl (C=O) groups is 2. The van der Waals surface area contributed by atoms with E-state index in [9.17, 15) is 14.7 Å². The van der Waals surface area contributed by atoms with Crippen LogP contribution in [0.4, 0.5) is 0 Å². The van der Waals surface area contributed by atoms with Crippen LogP contribution in [0.1, 0.15) is 48.5 Å². The molecule has 5 nitrogen and oxygen atoms in total. The van der Waals surface area contributed by atoms with E-state index >= 15 is 0 Å². The number of phenols is 1. The Bertz CT molecular complexity index is 556. The molecule has 0 radical (unpaired) electrons. The van der Waals surface area contributed by atoms with Gasteiger partial charge in [0, 0.05) is 12.6 Å². The first-order valence-corrected chi connectivity index (χ1v) is 7.79. The molecule has 0 bridgehead atoms. The Morgan fingerprint density at radius 3 is 2.86 bits per heavy atom. The molecule has 2 rings (SSSR count). The molecule has 1 heterocycles. The minimum Gasteiger partial charge on any atom is -0.507 e. The molecular formula is C17H23NO4. The van der Waals surface area contributed by atoms with Gasteiger partial charge in [-0.25, -0.2) is 4.79 Å². The Hall–Kier alpha value is -2.04. The fraction of sp³-hybridized carbons (Fsp3) is 0.529. The van der Waals surface area contributed by atoms with E-state index in [4.69, 9.17) is 4.74 Å². The molecule has 0 aromatic heterocycles. The van der Waals surface area contributed by atoms with Gasteiger partial charge in [-0.2, -0.15) is 0 Å². The normalized spacial score (nSPS) is 18.1. The molecule has 1 saturated heterocycles. The van der Waals surface area contributed by atoms with Crippen molar-refractivity contribution in [2.24, 2.45) is 0 Å². The molecule has 5 heteroatoms. The molecule has 1 fully saturated rings. The summed E-state index contributed by atoms with van der Waals surface area (Å²) in [5, 5.41) is 9.87. The zero-order valence-corrected chi connectivity index (χ0v) is 13.2. The number of amides is 1. The number of phenolic OH excluding ortho intramolecular Hbond substituents is 1. The van der Waals surface area contributed by atoms with E-state index < -0.39 is 5.97 Å². The highest BCUT2D eigenvalue weighted by molar-refractivity contribution is 5.94. The molecule has 0 aliphatic carbocycles. The van der Waals surface area contributed by atoms with Crippen LogP contribution >= 0.6 is 0 Å². The first-order valence-electron chi connectivity index (χ1n) is 7.79. The SMILES string of the molecule is CCC1CCCCN1C(=O)COC(=O)c1cccc(C)c1O. The lowest BCUT2D eigenvalue weighted by atomic mass is 10.00. The lowest BCUT2D eigenvalue weighted by molar-refractivity contribution is -0.138. The number of rotatable bonds is 4. The molecule has 1 aliphatic heterocycles. The number of ether oxygens (including phenoxy) is 1. The van der Waals surface area contributed by atoms with E-state index in [1.54, 1.807) is 19.1 Å². The number of hydrogen-bond acceptors (Lipinski definition) is 4. The molecule has 1 unspecified atom stereocenters. The summed E-state index contributed by atoms with van der Waals surface area (Å²) < 4.78 is 5.08. The van der Waals surface area contributed by atoms with Crippen molar-refractivity contribution in [1.82, 2.24) is 4.90 Å². The summed E-state index contributed by atoms with van der Waals surface area (Å²) in [5.41, 5.74) is 0.696. The Morgan fingerprint density at radius 1 is 1.36 bits per heavy atom. The van der Waals surface area contributed by atoms with Crippen LogP contribution in [0, 0.1) is 6.92 Å². The zero-order chi connectivity index (χ0) is 16.1. The van der Waals surface area contributed by atoms with E-state index in [0.717, 1.165) is 32.2 Å². The van der Waals surface area contributed by atoms with Crippen molar-refractivity contribution in [1.29, 1.82) is 0 Å². The summed E-state index contributed by atoms with van der Waals surface area (Å²) >= 11 is 0. The van der Waals surface area contributed by atoms with Crippen LogP contribution < -0.4 is 0 Å². The average Bonchev–Trinajstić information content (AvgIpc) is 2.54. The third-order valence-electron chi connectivity index (χ3n) is 4.20. The van der Waals surface area contributed by atoms with Gasteiger partial charge in [-0.15, -0.1) is 0 Å². The van der Waals surface area contributed by atoms with Crippen molar-refractivity contribution >= 4 is 11.9 Å². The summed E-state index contributed by atoms with van der Waals surface area (Å²) in [6, 6.07) is 5.11. The van der Waals surface area contributed by atoms with Crippen LogP contribution in [0.5, 0.6) is 5.75 Å². The number of esters is 1. The molecular weight excluding hydrogens is 282 g/mol. The number of aryl methyl sites for hydroxylation is 1. The number of hydrogen-bond donors (Lipinski definition) is 1. The Balaban J connectivity index is 1.95. The monoisotopic (exact) mass is 305 g/mol. The van der Waals surface area contributed by atoms with Crippen molar-refractivity contribution in [3.8, 4) is 5.75 Å². The van der Waals surface area contributed by atoms with Gasteiger partial charge in [0.25, 0.3) is 5.91 Å². The number of aromatic hydroxyl groups is 1. The van der Waals surface area contributed by atoms with Gasteiger partial charge < -0.3 is 14.7 Å². The van der Waals surface area contributed by atoms with E-state index in [1.165, 1.54) is 6.07 Å². The number of carbonyl (C=O) groups excluding carboxylic acids is 2. The van der Waals surface area contributed by atoms with Gasteiger partial charge in [0.15, 0.2) is 6.61 Å². The maximum atomic E-state index is 12.2. The van der Waals surface area contributed by atoms with Gasteiger partial charge in [0.05, 0.1) is 0 Å². The highest BCUT2D eigenvalue weighted by atomic mass is 16.5. The van der Waals surface area contributed by atoms with Crippen LogP contribution in [0.15, 0.2) is 18.2 Å². The summed E-state index contributed by atoms with van der Waals surface area (Å²) in [6.07, 6.45) is 4.06. The van der Waals surface area contributed by atoms with Gasteiger partial charge in [0.2, 0.25) is 0 Å². The van der Waals surface area contributed by atoms with Crippen LogP contribution in [-0.4, -0.2) is 41.1 Å². The van der Waals surface area contributed by atoms with Crippen LogP contribution in [-0.2, 0) is 9.53 Å². The van der Waals surface area contributed by atoms with Crippen LogP contribution in [0.2, 0.25) is 0 Å². The first-order chi connectivity index (χ1) is 10.5. The molecule has 1 aromatic rings. The van der Waals surface area contributed by atoms with Gasteiger partial charge in [-0.1, -0.05) is 19.1 Å². The zero-order valence-electron chi connectivity index (χ0n) is 13.2. The quantitative estimate of drug-likeness (QED) is 0.868. The van der Waals surface area contributed by atoms with Crippen molar-refractivity contribution in [2.75, 3.05) is 13.2 Å². The number of benzene rings is 1. The average molecular weight is 305 g/mol. The van der Waals surface area contributed by atoms with Crippen molar-refractivity contribution in [3.63, 3.8) is 0 Å². The minimum absolute atomic E-state index is 0.0932. The van der Waals surface area contributed by atoms with Gasteiger partial charge in [0.1, 0.15) is 11.3 Å². The van der Waals surface area contributed by atoms with Crippen LogP contribution in [0.3, 0.4) is 0 Å². The molecule has 0 spiro atoms. The number of likely N-dealkylation sites (tertiary alicyclic amines) is 1. The predicted molar refractivity (Wildman–Crippen MR) is 82.8 cm³/mol. The Kier molecular flexibility index (Phi) is 5.41. The molecule has 120 valence electrons. The van der Waals surface area contributed by atoms with Crippen molar-refractivity contribution in [3.05, 3.63) is 29.3 Å². The second-order valence-corrected chi connectivity index (χ2v) is 5.69. The van der Waals surface area contributed by atoms with Gasteiger partial charge >= 0.3 is 5.97 Å². The maximum absolute atomic E-state index is 12.2. The molecule has 1 atom stereocenters. The Morgan fingerprint density at radius 2 is 2.14 bits per heavy atom. The van der Waals surface area contributed by atoms with E-state index in [1.807, 2.05) is 4.90 Å². The first kappa shape index (κ1) is 16.3. The highest BCUT2D eigenvalue weighted by Gasteiger charge is 2.26. The lowest BCUT2D eigenvalue weighted by Crippen LogP contribution is -2.45. The topological polar surface area (TPSA) is 66.8 Å². The Labute approximate surface area is 130 Å². The highest BCUT2D eigenvalue weighted by Crippen LogP contribution is 2.23. The third kappa shape index (κ3) is 3.59. The summed E-state index contributed by atoms with van der Waals surface area (Å²) in [7, 11) is 0. The third-order valence-corrected chi connectivity index (χ3v) is 4.20. The van der Waals surface area contributed by atoms with E-state index in [2.05, 4.69) is 6.92 Å². The molecule has 0 saturated carbocycles. The van der Waals surface area contributed by atoms with Crippen LogP contribution in [0.25, 0.3) is 0 Å². The fourth-order valence-electron chi connectivity index (χ4n) is 2.86. The van der Waals surface area contributed by atoms with Gasteiger partial charge in [-0.05, 0) is 44.2 Å². The standard InChI is InChI=1S/C17H23NO4/c1-3-13-8-4-5-10-18(13)15(19)11-22-17(21)14-9-6-7-12(2)16(14)20/h6-7,9,13,20H,3-5,8,10-11H2,1-2H3. The molecule has 1 N–H and O–H groups in total. The minimum atomic E-state index is -0.667. The van der Waals surface area contributed by atoms with Crippen molar-refractivity contribution in [2.45, 2.75) is 45.6 Å². The lowest BCUT2D eigenvalue weighted by Gasteiger charge is -2.35. The summed E-state index contributed by atoms with van der Waals surface area (Å²) in [5.74, 6) is -0.920. The maximum Gasteiger partial charge on any atom is 0.342 e. The molecule has 1 aromatic carbocycles. The number of para-hydroxylation sites is 1. The smallest absolute Gasteiger partial charge is 0.342 e. The second-order valence-electron chi connectivity index (χ2n) is 5.69. The number of piperidine rings is 1. The second kappa shape index (κ2) is 7.29. The number of nitrogens with zero attached hydrogens (tertiary/aromatic N) is 1. The predicted octanol–water partition coefficient (Wildman–Crippen LogP) is 2.65. The molecule has 1 aliphatic rings. The largest absolute Gasteiger partial charge is 0.507 e.